The molecule has 0 radical (unpaired) electrons. The van der Waals surface area contributed by atoms with Crippen molar-refractivity contribution in [3.8, 4) is 0 Å². The molecule has 0 aliphatic carbocycles. The monoisotopic (exact) mass is 252 g/mol. The van der Waals surface area contributed by atoms with Crippen molar-refractivity contribution >= 4 is 15.9 Å². The first-order chi connectivity index (χ1) is 6.35. The van der Waals surface area contributed by atoms with E-state index in [1.165, 1.54) is 12.8 Å². The maximum atomic E-state index is 5.41. The molecule has 13 heavy (non-hydrogen) atoms. The number of alkyl halides is 1. The van der Waals surface area contributed by atoms with Crippen LogP contribution in [0.5, 0.6) is 0 Å². The van der Waals surface area contributed by atoms with Gasteiger partial charge < -0.3 is 9.47 Å². The predicted octanol–water partition coefficient (Wildman–Crippen LogP) is 2.85. The van der Waals surface area contributed by atoms with Crippen LogP contribution in [0.1, 0.15) is 26.2 Å². The average molecular weight is 253 g/mol. The van der Waals surface area contributed by atoms with Gasteiger partial charge in [-0.05, 0) is 18.8 Å². The Morgan fingerprint density at radius 1 is 1.15 bits per heavy atom. The normalized spacial score (nSPS) is 13.2. The molecule has 0 aliphatic heterocycles. The van der Waals surface area contributed by atoms with Gasteiger partial charge >= 0.3 is 0 Å². The van der Waals surface area contributed by atoms with Crippen molar-refractivity contribution in [1.29, 1.82) is 0 Å². The van der Waals surface area contributed by atoms with E-state index in [4.69, 9.17) is 9.47 Å². The van der Waals surface area contributed by atoms with Crippen LogP contribution < -0.4 is 0 Å². The predicted molar refractivity (Wildman–Crippen MR) is 59.5 cm³/mol. The summed E-state index contributed by atoms with van der Waals surface area (Å²) >= 11 is 3.52. The zero-order chi connectivity index (χ0) is 9.94. The van der Waals surface area contributed by atoms with Crippen LogP contribution >= 0.6 is 15.9 Å². The number of ether oxygens (including phenoxy) is 2. The zero-order valence-corrected chi connectivity index (χ0v) is 10.3. The lowest BCUT2D eigenvalue weighted by Crippen LogP contribution is -2.09. The Morgan fingerprint density at radius 2 is 1.92 bits per heavy atom. The topological polar surface area (TPSA) is 18.5 Å². The van der Waals surface area contributed by atoms with Crippen LogP contribution in [-0.2, 0) is 9.47 Å². The number of hydrogen-bond donors (Lipinski definition) is 0. The van der Waals surface area contributed by atoms with E-state index in [1.807, 2.05) is 0 Å². The molecule has 0 bridgehead atoms. The van der Waals surface area contributed by atoms with E-state index in [1.54, 1.807) is 7.11 Å². The SMILES string of the molecule is CCCC(CBr)CCOCCOC. The molecule has 0 fully saturated rings. The molecule has 0 spiro atoms. The highest BCUT2D eigenvalue weighted by molar-refractivity contribution is 9.09. The molecule has 0 heterocycles. The van der Waals surface area contributed by atoms with Gasteiger partial charge in [0, 0.05) is 19.0 Å². The first kappa shape index (κ1) is 13.4. The Morgan fingerprint density at radius 3 is 2.46 bits per heavy atom. The van der Waals surface area contributed by atoms with Crippen LogP contribution in [0, 0.1) is 5.92 Å². The maximum absolute atomic E-state index is 5.41. The van der Waals surface area contributed by atoms with Gasteiger partial charge in [-0.2, -0.15) is 0 Å². The molecule has 0 aromatic rings. The molecule has 0 aromatic heterocycles. The molecular weight excluding hydrogens is 232 g/mol. The fraction of sp³-hybridized carbons (Fsp3) is 1.00. The third kappa shape index (κ3) is 8.72. The fourth-order valence-electron chi connectivity index (χ4n) is 1.20. The van der Waals surface area contributed by atoms with Crippen LogP contribution in [-0.4, -0.2) is 32.3 Å². The molecule has 0 rings (SSSR count). The van der Waals surface area contributed by atoms with E-state index >= 15 is 0 Å². The molecule has 0 aliphatic rings. The molecule has 1 unspecified atom stereocenters. The van der Waals surface area contributed by atoms with Gasteiger partial charge in [0.1, 0.15) is 0 Å². The highest BCUT2D eigenvalue weighted by atomic mass is 79.9. The summed E-state index contributed by atoms with van der Waals surface area (Å²) in [5, 5.41) is 1.09. The summed E-state index contributed by atoms with van der Waals surface area (Å²) in [6.45, 7) is 4.51. The minimum atomic E-state index is 0.701. The van der Waals surface area contributed by atoms with Crippen molar-refractivity contribution in [2.24, 2.45) is 5.92 Å². The smallest absolute Gasteiger partial charge is 0.0700 e. The second-order valence-electron chi connectivity index (χ2n) is 3.20. The fourth-order valence-corrected chi connectivity index (χ4v) is 1.85. The van der Waals surface area contributed by atoms with Crippen molar-refractivity contribution in [3.05, 3.63) is 0 Å². The zero-order valence-electron chi connectivity index (χ0n) is 8.72. The van der Waals surface area contributed by atoms with E-state index in [0.29, 0.717) is 6.61 Å². The summed E-state index contributed by atoms with van der Waals surface area (Å²) in [7, 11) is 1.70. The van der Waals surface area contributed by atoms with Gasteiger partial charge in [-0.3, -0.25) is 0 Å². The molecule has 0 amide bonds. The minimum absolute atomic E-state index is 0.701. The summed E-state index contributed by atoms with van der Waals surface area (Å²) in [5.41, 5.74) is 0. The van der Waals surface area contributed by atoms with Crippen molar-refractivity contribution in [3.63, 3.8) is 0 Å². The number of rotatable bonds is 9. The van der Waals surface area contributed by atoms with Gasteiger partial charge in [0.2, 0.25) is 0 Å². The van der Waals surface area contributed by atoms with Crippen molar-refractivity contribution in [2.75, 3.05) is 32.3 Å². The van der Waals surface area contributed by atoms with E-state index < -0.39 is 0 Å². The van der Waals surface area contributed by atoms with Crippen LogP contribution in [0.2, 0.25) is 0 Å². The van der Waals surface area contributed by atoms with Crippen LogP contribution in [0.4, 0.5) is 0 Å². The molecule has 0 saturated heterocycles. The maximum Gasteiger partial charge on any atom is 0.0700 e. The van der Waals surface area contributed by atoms with E-state index in [-0.39, 0.29) is 0 Å². The third-order valence-corrected chi connectivity index (χ3v) is 2.93. The first-order valence-corrected chi connectivity index (χ1v) is 6.09. The second-order valence-corrected chi connectivity index (χ2v) is 3.85. The summed E-state index contributed by atoms with van der Waals surface area (Å²) in [4.78, 5) is 0. The largest absolute Gasteiger partial charge is 0.382 e. The lowest BCUT2D eigenvalue weighted by molar-refractivity contribution is 0.0644. The van der Waals surface area contributed by atoms with Crippen molar-refractivity contribution < 1.29 is 9.47 Å². The third-order valence-electron chi connectivity index (χ3n) is 2.02. The lowest BCUT2D eigenvalue weighted by Gasteiger charge is -2.12. The molecule has 0 aromatic carbocycles. The van der Waals surface area contributed by atoms with Crippen molar-refractivity contribution in [2.45, 2.75) is 26.2 Å². The lowest BCUT2D eigenvalue weighted by atomic mass is 10.0. The highest BCUT2D eigenvalue weighted by Gasteiger charge is 2.04. The summed E-state index contributed by atoms with van der Waals surface area (Å²) in [6.07, 6.45) is 3.70. The van der Waals surface area contributed by atoms with Crippen molar-refractivity contribution in [1.82, 2.24) is 0 Å². The van der Waals surface area contributed by atoms with E-state index in [2.05, 4.69) is 22.9 Å². The van der Waals surface area contributed by atoms with Gasteiger partial charge in [-0.15, -0.1) is 0 Å². The molecule has 3 heteroatoms. The Kier molecular flexibility index (Phi) is 10.8. The Labute approximate surface area is 90.1 Å². The van der Waals surface area contributed by atoms with Crippen LogP contribution in [0.25, 0.3) is 0 Å². The average Bonchev–Trinajstić information content (AvgIpc) is 2.16. The Bertz CT molecular complexity index is 98.9. The quantitative estimate of drug-likeness (QED) is 0.464. The van der Waals surface area contributed by atoms with Gasteiger partial charge in [-0.1, -0.05) is 29.3 Å². The van der Waals surface area contributed by atoms with E-state index in [9.17, 15) is 0 Å². The molecule has 1 atom stereocenters. The summed E-state index contributed by atoms with van der Waals surface area (Å²) < 4.78 is 10.3. The molecule has 80 valence electrons. The Hall–Kier alpha value is 0.400. The van der Waals surface area contributed by atoms with Gasteiger partial charge in [-0.25, -0.2) is 0 Å². The molecule has 0 saturated carbocycles. The molecular formula is C10H21BrO2. The first-order valence-electron chi connectivity index (χ1n) is 4.97. The molecule has 0 N–H and O–H groups in total. The van der Waals surface area contributed by atoms with Gasteiger partial charge in [0.05, 0.1) is 13.2 Å². The standard InChI is InChI=1S/C10H21BrO2/c1-3-4-10(9-11)5-6-13-8-7-12-2/h10H,3-9H2,1-2H3. The number of halogens is 1. The second kappa shape index (κ2) is 10.5. The summed E-state index contributed by atoms with van der Waals surface area (Å²) in [5.74, 6) is 0.771. The Balaban J connectivity index is 3.17. The number of hydrogen-bond acceptors (Lipinski definition) is 2. The van der Waals surface area contributed by atoms with Gasteiger partial charge in [0.15, 0.2) is 0 Å². The highest BCUT2D eigenvalue weighted by Crippen LogP contribution is 2.13. The minimum Gasteiger partial charge on any atom is -0.382 e. The van der Waals surface area contributed by atoms with Gasteiger partial charge in [0.25, 0.3) is 0 Å². The molecule has 2 nitrogen and oxygen atoms in total. The van der Waals surface area contributed by atoms with Crippen LogP contribution in [0.3, 0.4) is 0 Å². The van der Waals surface area contributed by atoms with Crippen LogP contribution in [0.15, 0.2) is 0 Å². The summed E-state index contributed by atoms with van der Waals surface area (Å²) in [6, 6.07) is 0. The number of methoxy groups -OCH3 is 1. The van der Waals surface area contributed by atoms with E-state index in [0.717, 1.165) is 30.9 Å².